The summed E-state index contributed by atoms with van der Waals surface area (Å²) in [5, 5.41) is 10.5. The second-order valence-corrected chi connectivity index (χ2v) is 9.53. The Morgan fingerprint density at radius 3 is 1.93 bits per heavy atom. The number of hydrogen-bond acceptors (Lipinski definition) is 5. The van der Waals surface area contributed by atoms with Crippen LogP contribution in [-0.2, 0) is 18.0 Å². The average Bonchev–Trinajstić information content (AvgIpc) is 3.03. The van der Waals surface area contributed by atoms with Gasteiger partial charge in [0.15, 0.2) is 0 Å². The molecule has 0 aromatic heterocycles. The maximum absolute atomic E-state index is 13.5. The Morgan fingerprint density at radius 2 is 1.26 bits per heavy atom. The number of nitrogen functional groups attached to an aromatic ring is 1. The van der Waals surface area contributed by atoms with Crippen molar-refractivity contribution in [3.8, 4) is 16.9 Å². The van der Waals surface area contributed by atoms with Gasteiger partial charge in [0.05, 0.1) is 5.56 Å². The smallest absolute Gasteiger partial charge is 0.339 e. The normalized spacial score (nSPS) is 10.5. The summed E-state index contributed by atoms with van der Waals surface area (Å²) in [6.45, 7) is 0.437. The average molecular weight is 556 g/mol. The highest BCUT2D eigenvalue weighted by molar-refractivity contribution is 6.10. The summed E-state index contributed by atoms with van der Waals surface area (Å²) in [6.07, 6.45) is 0. The number of rotatable bonds is 10. The highest BCUT2D eigenvalue weighted by Gasteiger charge is 2.21. The predicted molar refractivity (Wildman–Crippen MR) is 164 cm³/mol. The quantitative estimate of drug-likeness (QED) is 0.0993. The number of ether oxygens (including phenoxy) is 2. The Kier molecular flexibility index (Phi) is 8.70. The van der Waals surface area contributed by atoms with Crippen molar-refractivity contribution in [2.45, 2.75) is 13.2 Å². The van der Waals surface area contributed by atoms with Gasteiger partial charge in [-0.25, -0.2) is 4.79 Å². The maximum Gasteiger partial charge on any atom is 0.339 e. The number of amidine groups is 1. The molecule has 208 valence electrons. The number of hydrogen-bond donors (Lipinski definition) is 3. The first kappa shape index (κ1) is 27.9. The van der Waals surface area contributed by atoms with Crippen molar-refractivity contribution in [1.29, 1.82) is 5.41 Å². The Labute approximate surface area is 244 Å². The molecule has 0 saturated heterocycles. The zero-order chi connectivity index (χ0) is 29.3. The summed E-state index contributed by atoms with van der Waals surface area (Å²) in [6, 6.07) is 38.2. The Balaban J connectivity index is 1.45. The molecule has 0 bridgehead atoms. The summed E-state index contributed by atoms with van der Waals surface area (Å²) in [5.41, 5.74) is 10.3. The van der Waals surface area contributed by atoms with Gasteiger partial charge in [-0.3, -0.25) is 10.2 Å². The largest absolute Gasteiger partial charge is 0.489 e. The van der Waals surface area contributed by atoms with Crippen molar-refractivity contribution in [3.05, 3.63) is 155 Å². The molecule has 7 heteroatoms. The van der Waals surface area contributed by atoms with Gasteiger partial charge in [0.25, 0.3) is 5.91 Å². The van der Waals surface area contributed by atoms with E-state index >= 15 is 0 Å². The minimum absolute atomic E-state index is 0.0545. The van der Waals surface area contributed by atoms with Crippen molar-refractivity contribution < 1.29 is 19.1 Å². The van der Waals surface area contributed by atoms with Crippen molar-refractivity contribution in [2.75, 3.05) is 5.32 Å². The lowest BCUT2D eigenvalue weighted by atomic mass is 9.94. The van der Waals surface area contributed by atoms with Gasteiger partial charge in [0.1, 0.15) is 24.8 Å². The van der Waals surface area contributed by atoms with Gasteiger partial charge in [0, 0.05) is 16.8 Å². The molecule has 5 aromatic carbocycles. The molecule has 42 heavy (non-hydrogen) atoms. The fraction of sp³-hybridized carbons (Fsp3) is 0.0571. The minimum Gasteiger partial charge on any atom is -0.489 e. The first-order chi connectivity index (χ1) is 20.5. The molecule has 1 amide bonds. The summed E-state index contributed by atoms with van der Waals surface area (Å²) in [5.74, 6) is -0.439. The van der Waals surface area contributed by atoms with E-state index in [-0.39, 0.29) is 23.9 Å². The van der Waals surface area contributed by atoms with Crippen molar-refractivity contribution >= 4 is 23.4 Å². The second kappa shape index (κ2) is 13.1. The third-order valence-electron chi connectivity index (χ3n) is 6.59. The number of esters is 1. The van der Waals surface area contributed by atoms with Gasteiger partial charge in [-0.2, -0.15) is 0 Å². The fourth-order valence-electron chi connectivity index (χ4n) is 4.41. The Hall–Kier alpha value is -5.69. The molecule has 5 rings (SSSR count). The molecule has 0 aliphatic carbocycles. The second-order valence-electron chi connectivity index (χ2n) is 9.53. The molecular formula is C35H29N3O4. The van der Waals surface area contributed by atoms with E-state index in [1.165, 1.54) is 0 Å². The molecule has 0 saturated carbocycles. The van der Waals surface area contributed by atoms with Crippen LogP contribution in [0.25, 0.3) is 11.1 Å². The molecule has 0 atom stereocenters. The molecule has 0 radical (unpaired) electrons. The van der Waals surface area contributed by atoms with E-state index in [2.05, 4.69) is 5.32 Å². The zero-order valence-corrected chi connectivity index (χ0v) is 22.7. The number of carbonyl (C=O) groups excluding carboxylic acids is 2. The Morgan fingerprint density at radius 1 is 0.667 bits per heavy atom. The number of amides is 1. The lowest BCUT2D eigenvalue weighted by Crippen LogP contribution is -2.15. The lowest BCUT2D eigenvalue weighted by Gasteiger charge is -2.16. The van der Waals surface area contributed by atoms with Gasteiger partial charge in [-0.1, -0.05) is 78.9 Å². The molecule has 5 aromatic rings. The third kappa shape index (κ3) is 6.89. The van der Waals surface area contributed by atoms with Crippen molar-refractivity contribution in [1.82, 2.24) is 0 Å². The lowest BCUT2D eigenvalue weighted by molar-refractivity contribution is 0.0473. The van der Waals surface area contributed by atoms with Crippen molar-refractivity contribution in [2.24, 2.45) is 5.73 Å². The number of carbonyl (C=O) groups is 2. The van der Waals surface area contributed by atoms with Gasteiger partial charge in [-0.05, 0) is 70.8 Å². The third-order valence-corrected chi connectivity index (χ3v) is 6.59. The molecule has 0 aliphatic heterocycles. The molecule has 0 spiro atoms. The van der Waals surface area contributed by atoms with Gasteiger partial charge in [-0.15, -0.1) is 0 Å². The van der Waals surface area contributed by atoms with Crippen LogP contribution >= 0.6 is 0 Å². The van der Waals surface area contributed by atoms with E-state index < -0.39 is 5.97 Å². The van der Waals surface area contributed by atoms with Crippen LogP contribution < -0.4 is 15.8 Å². The van der Waals surface area contributed by atoms with Gasteiger partial charge < -0.3 is 20.5 Å². The highest BCUT2D eigenvalue weighted by atomic mass is 16.5. The van der Waals surface area contributed by atoms with Gasteiger partial charge >= 0.3 is 5.97 Å². The van der Waals surface area contributed by atoms with Crippen LogP contribution in [-0.4, -0.2) is 17.7 Å². The summed E-state index contributed by atoms with van der Waals surface area (Å²) in [4.78, 5) is 26.9. The molecule has 4 N–H and O–H groups in total. The summed E-state index contributed by atoms with van der Waals surface area (Å²) in [7, 11) is 0. The van der Waals surface area contributed by atoms with Crippen LogP contribution in [0.2, 0.25) is 0 Å². The van der Waals surface area contributed by atoms with E-state index in [0.29, 0.717) is 40.3 Å². The minimum atomic E-state index is -0.533. The van der Waals surface area contributed by atoms with Crippen LogP contribution in [0.15, 0.2) is 127 Å². The number of nitrogens with two attached hydrogens (primary N) is 1. The summed E-state index contributed by atoms with van der Waals surface area (Å²) < 4.78 is 11.7. The molecule has 0 aliphatic rings. The monoisotopic (exact) mass is 555 g/mol. The van der Waals surface area contributed by atoms with E-state index in [1.54, 1.807) is 60.7 Å². The molecule has 7 nitrogen and oxygen atoms in total. The zero-order valence-electron chi connectivity index (χ0n) is 22.7. The van der Waals surface area contributed by atoms with Crippen LogP contribution in [0.3, 0.4) is 0 Å². The van der Waals surface area contributed by atoms with Crippen LogP contribution in [0, 0.1) is 5.41 Å². The van der Waals surface area contributed by atoms with Gasteiger partial charge in [0.2, 0.25) is 0 Å². The SMILES string of the molecule is N=C(N)c1ccc(NC(=O)c2ccccc2-c2ccc(OCc3ccccc3)cc2C(=O)OCc2ccccc2)cc1. The van der Waals surface area contributed by atoms with Crippen LogP contribution in [0.5, 0.6) is 5.75 Å². The molecular weight excluding hydrogens is 526 g/mol. The molecule has 0 heterocycles. The summed E-state index contributed by atoms with van der Waals surface area (Å²) >= 11 is 0. The van der Waals surface area contributed by atoms with E-state index in [0.717, 1.165) is 11.1 Å². The molecule has 0 fully saturated rings. The van der Waals surface area contributed by atoms with E-state index in [4.69, 9.17) is 20.6 Å². The number of benzene rings is 5. The fourth-order valence-corrected chi connectivity index (χ4v) is 4.41. The predicted octanol–water partition coefficient (Wildman–Crippen LogP) is 6.83. The van der Waals surface area contributed by atoms with Crippen LogP contribution in [0.1, 0.15) is 37.4 Å². The van der Waals surface area contributed by atoms with E-state index in [1.807, 2.05) is 66.7 Å². The van der Waals surface area contributed by atoms with Crippen LogP contribution in [0.4, 0.5) is 5.69 Å². The highest BCUT2D eigenvalue weighted by Crippen LogP contribution is 2.32. The Bertz CT molecular complexity index is 1700. The topological polar surface area (TPSA) is 115 Å². The number of nitrogens with one attached hydrogen (secondary N) is 2. The first-order valence-electron chi connectivity index (χ1n) is 13.3. The maximum atomic E-state index is 13.5. The standard InChI is InChI=1S/C35H29N3O4/c36-33(37)26-15-17-27(18-16-26)38-34(39)31-14-8-7-13-29(31)30-20-19-28(41-22-24-9-3-1-4-10-24)21-32(30)35(40)42-23-25-11-5-2-6-12-25/h1-21H,22-23H2,(H3,36,37)(H,38,39). The van der Waals surface area contributed by atoms with Crippen molar-refractivity contribution in [3.63, 3.8) is 0 Å². The first-order valence-corrected chi connectivity index (χ1v) is 13.3. The number of anilines is 1. The molecule has 0 unspecified atom stereocenters. The van der Waals surface area contributed by atoms with E-state index in [9.17, 15) is 9.59 Å².